The van der Waals surface area contributed by atoms with Crippen molar-refractivity contribution in [2.75, 3.05) is 11.5 Å². The number of aromatic nitrogens is 3. The highest BCUT2D eigenvalue weighted by Gasteiger charge is 2.22. The molecule has 3 rings (SSSR count). The van der Waals surface area contributed by atoms with Gasteiger partial charge in [0.2, 0.25) is 0 Å². The van der Waals surface area contributed by atoms with E-state index in [2.05, 4.69) is 10.1 Å². The topological polar surface area (TPSA) is 56.2 Å². The minimum absolute atomic E-state index is 0.462. The van der Waals surface area contributed by atoms with E-state index in [9.17, 15) is 0 Å². The average Bonchev–Trinajstić information content (AvgIpc) is 2.86. The maximum Gasteiger partial charge on any atom is 0.164 e. The van der Waals surface area contributed by atoms with Gasteiger partial charge in [0.1, 0.15) is 5.82 Å². The van der Waals surface area contributed by atoms with Crippen LogP contribution in [0.15, 0.2) is 18.2 Å². The molecule has 0 bridgehead atoms. The molecule has 1 fully saturated rings. The van der Waals surface area contributed by atoms with Crippen LogP contribution in [-0.4, -0.2) is 20.4 Å². The van der Waals surface area contributed by atoms with E-state index in [-0.39, 0.29) is 0 Å². The van der Waals surface area contributed by atoms with Crippen LogP contribution in [0.2, 0.25) is 0 Å². The largest absolute Gasteiger partial charge is 0.384 e. The summed E-state index contributed by atoms with van der Waals surface area (Å²) in [5.74, 6) is 2.79. The van der Waals surface area contributed by atoms with Gasteiger partial charge in [-0.2, -0.15) is 16.3 Å². The zero-order chi connectivity index (χ0) is 10.3. The van der Waals surface area contributed by atoms with Crippen LogP contribution in [0.3, 0.4) is 0 Å². The van der Waals surface area contributed by atoms with Crippen LogP contribution in [0, 0.1) is 0 Å². The molecule has 0 saturated carbocycles. The number of pyridine rings is 1. The fourth-order valence-electron chi connectivity index (χ4n) is 1.86. The SMILES string of the molecule is Nc1cccc2nc(C3CCCS3)nn12. The van der Waals surface area contributed by atoms with E-state index in [1.807, 2.05) is 30.0 Å². The molecule has 2 aromatic rings. The van der Waals surface area contributed by atoms with Crippen LogP contribution in [-0.2, 0) is 0 Å². The van der Waals surface area contributed by atoms with Gasteiger partial charge in [0.15, 0.2) is 11.5 Å². The first-order valence-corrected chi connectivity index (χ1v) is 6.12. The Morgan fingerprint density at radius 1 is 1.47 bits per heavy atom. The lowest BCUT2D eigenvalue weighted by molar-refractivity contribution is 0.772. The summed E-state index contributed by atoms with van der Waals surface area (Å²) in [6, 6.07) is 5.69. The van der Waals surface area contributed by atoms with E-state index in [1.165, 1.54) is 18.6 Å². The first-order valence-electron chi connectivity index (χ1n) is 5.07. The van der Waals surface area contributed by atoms with Gasteiger partial charge in [-0.1, -0.05) is 6.07 Å². The molecule has 4 nitrogen and oxygen atoms in total. The van der Waals surface area contributed by atoms with Crippen molar-refractivity contribution in [2.24, 2.45) is 0 Å². The number of nitrogen functional groups attached to an aromatic ring is 1. The summed E-state index contributed by atoms with van der Waals surface area (Å²) in [5, 5.41) is 4.92. The number of thioether (sulfide) groups is 1. The van der Waals surface area contributed by atoms with E-state index in [0.29, 0.717) is 11.1 Å². The number of hydrogen-bond acceptors (Lipinski definition) is 4. The van der Waals surface area contributed by atoms with Crippen LogP contribution >= 0.6 is 11.8 Å². The van der Waals surface area contributed by atoms with Crippen molar-refractivity contribution >= 4 is 23.2 Å². The first kappa shape index (κ1) is 9.03. The smallest absolute Gasteiger partial charge is 0.164 e. The Morgan fingerprint density at radius 2 is 2.40 bits per heavy atom. The van der Waals surface area contributed by atoms with E-state index in [1.54, 1.807) is 4.52 Å². The Balaban J connectivity index is 2.09. The lowest BCUT2D eigenvalue weighted by Gasteiger charge is -2.00. The third kappa shape index (κ3) is 1.47. The molecule has 1 aliphatic heterocycles. The molecule has 0 aliphatic carbocycles. The Kier molecular flexibility index (Phi) is 2.05. The summed E-state index contributed by atoms with van der Waals surface area (Å²) in [6.07, 6.45) is 2.45. The van der Waals surface area contributed by atoms with Gasteiger partial charge in [-0.25, -0.2) is 4.98 Å². The van der Waals surface area contributed by atoms with Crippen molar-refractivity contribution in [1.29, 1.82) is 0 Å². The van der Waals surface area contributed by atoms with Crippen molar-refractivity contribution in [3.8, 4) is 0 Å². The second-order valence-electron chi connectivity index (χ2n) is 3.69. The van der Waals surface area contributed by atoms with E-state index in [0.717, 1.165) is 11.5 Å². The van der Waals surface area contributed by atoms with Crippen LogP contribution < -0.4 is 5.73 Å². The van der Waals surface area contributed by atoms with E-state index in [4.69, 9.17) is 5.73 Å². The maximum atomic E-state index is 5.82. The molecule has 1 unspecified atom stereocenters. The van der Waals surface area contributed by atoms with Crippen LogP contribution in [0.4, 0.5) is 5.82 Å². The molecule has 0 spiro atoms. The van der Waals surface area contributed by atoms with Gasteiger partial charge in [-0.15, -0.1) is 5.10 Å². The number of anilines is 1. The van der Waals surface area contributed by atoms with Gasteiger partial charge >= 0.3 is 0 Å². The molecular weight excluding hydrogens is 208 g/mol. The van der Waals surface area contributed by atoms with Crippen molar-refractivity contribution in [3.05, 3.63) is 24.0 Å². The zero-order valence-corrected chi connectivity index (χ0v) is 9.07. The summed E-state index contributed by atoms with van der Waals surface area (Å²) >= 11 is 1.94. The molecule has 5 heteroatoms. The normalized spacial score (nSPS) is 21.2. The molecular formula is C10H12N4S. The van der Waals surface area contributed by atoms with Gasteiger partial charge in [0.25, 0.3) is 0 Å². The molecule has 0 aromatic carbocycles. The van der Waals surface area contributed by atoms with Crippen molar-refractivity contribution in [1.82, 2.24) is 14.6 Å². The molecule has 1 saturated heterocycles. The van der Waals surface area contributed by atoms with Crippen LogP contribution in [0.1, 0.15) is 23.9 Å². The number of nitrogens with zero attached hydrogens (tertiary/aromatic N) is 3. The molecule has 0 radical (unpaired) electrons. The zero-order valence-electron chi connectivity index (χ0n) is 8.26. The quantitative estimate of drug-likeness (QED) is 0.797. The van der Waals surface area contributed by atoms with Gasteiger partial charge in [-0.3, -0.25) is 0 Å². The average molecular weight is 220 g/mol. The Labute approximate surface area is 91.9 Å². The summed E-state index contributed by atoms with van der Waals surface area (Å²) in [4.78, 5) is 4.51. The highest BCUT2D eigenvalue weighted by Crippen LogP contribution is 2.38. The van der Waals surface area contributed by atoms with Crippen molar-refractivity contribution in [2.45, 2.75) is 18.1 Å². The molecule has 1 aliphatic rings. The minimum Gasteiger partial charge on any atom is -0.384 e. The summed E-state index contributed by atoms with van der Waals surface area (Å²) in [6.45, 7) is 0. The second-order valence-corrected chi connectivity index (χ2v) is 5.00. The van der Waals surface area contributed by atoms with Gasteiger partial charge < -0.3 is 5.73 Å². The van der Waals surface area contributed by atoms with Crippen molar-refractivity contribution < 1.29 is 0 Å². The Morgan fingerprint density at radius 3 is 3.13 bits per heavy atom. The molecule has 2 aromatic heterocycles. The molecule has 15 heavy (non-hydrogen) atoms. The third-order valence-electron chi connectivity index (χ3n) is 2.62. The lowest BCUT2D eigenvalue weighted by Crippen LogP contribution is -1.98. The highest BCUT2D eigenvalue weighted by molar-refractivity contribution is 7.99. The van der Waals surface area contributed by atoms with E-state index >= 15 is 0 Å². The molecule has 2 N–H and O–H groups in total. The summed E-state index contributed by atoms with van der Waals surface area (Å²) in [7, 11) is 0. The lowest BCUT2D eigenvalue weighted by atomic mass is 10.2. The fourth-order valence-corrected chi connectivity index (χ4v) is 3.06. The van der Waals surface area contributed by atoms with Gasteiger partial charge in [0, 0.05) is 0 Å². The Bertz CT molecular complexity index is 487. The van der Waals surface area contributed by atoms with Gasteiger partial charge in [-0.05, 0) is 30.7 Å². The Hall–Kier alpha value is -1.23. The standard InChI is InChI=1S/C10H12N4S/c11-8-4-1-5-9-12-10(13-14(8)9)7-3-2-6-15-7/h1,4-5,7H,2-3,6,11H2. The summed E-state index contributed by atoms with van der Waals surface area (Å²) in [5.41, 5.74) is 6.67. The molecule has 78 valence electrons. The fraction of sp³-hybridized carbons (Fsp3) is 0.400. The van der Waals surface area contributed by atoms with E-state index < -0.39 is 0 Å². The van der Waals surface area contributed by atoms with Gasteiger partial charge in [0.05, 0.1) is 5.25 Å². The van der Waals surface area contributed by atoms with Crippen LogP contribution in [0.25, 0.3) is 5.65 Å². The molecule has 1 atom stereocenters. The second kappa shape index (κ2) is 3.41. The minimum atomic E-state index is 0.462. The summed E-state index contributed by atoms with van der Waals surface area (Å²) < 4.78 is 1.72. The number of nitrogens with two attached hydrogens (primary N) is 1. The first-order chi connectivity index (χ1) is 7.34. The maximum absolute atomic E-state index is 5.82. The number of hydrogen-bond donors (Lipinski definition) is 1. The highest BCUT2D eigenvalue weighted by atomic mass is 32.2. The van der Waals surface area contributed by atoms with Crippen molar-refractivity contribution in [3.63, 3.8) is 0 Å². The molecule has 0 amide bonds. The molecule has 3 heterocycles. The monoisotopic (exact) mass is 220 g/mol. The number of rotatable bonds is 1. The predicted octanol–water partition coefficient (Wildman–Crippen LogP) is 1.88. The predicted molar refractivity (Wildman–Crippen MR) is 61.8 cm³/mol. The van der Waals surface area contributed by atoms with Crippen LogP contribution in [0.5, 0.6) is 0 Å². The third-order valence-corrected chi connectivity index (χ3v) is 4.00. The number of fused-ring (bicyclic) bond motifs is 1.